The van der Waals surface area contributed by atoms with Gasteiger partial charge in [0.2, 0.25) is 0 Å². The highest BCUT2D eigenvalue weighted by molar-refractivity contribution is 5.93. The van der Waals surface area contributed by atoms with Crippen LogP contribution in [-0.2, 0) is 14.3 Å². The van der Waals surface area contributed by atoms with E-state index in [1.165, 1.54) is 0 Å². The number of carbonyl (C=O) groups is 2. The highest BCUT2D eigenvalue weighted by atomic mass is 16.5. The largest absolute Gasteiger partial charge is 0.463 e. The number of esters is 1. The summed E-state index contributed by atoms with van der Waals surface area (Å²) in [6.07, 6.45) is 3.42. The average Bonchev–Trinajstić information content (AvgIpc) is 2.15. The molecule has 0 rings (SSSR count). The minimum absolute atomic E-state index is 0.0440. The predicted octanol–water partition coefficient (Wildman–Crippen LogP) is 3.03. The van der Waals surface area contributed by atoms with Crippen LogP contribution in [0.4, 0.5) is 0 Å². The number of ether oxygens (including phenoxy) is 1. The van der Waals surface area contributed by atoms with E-state index in [9.17, 15) is 9.59 Å². The monoisotopic (exact) mass is 226 g/mol. The molecule has 0 unspecified atom stereocenters. The Kier molecular flexibility index (Phi) is 7.52. The van der Waals surface area contributed by atoms with Crippen molar-refractivity contribution in [3.63, 3.8) is 0 Å². The summed E-state index contributed by atoms with van der Waals surface area (Å²) in [5.41, 5.74) is 0.610. The number of allylic oxidation sites excluding steroid dienone is 1. The van der Waals surface area contributed by atoms with Gasteiger partial charge < -0.3 is 4.74 Å². The zero-order valence-corrected chi connectivity index (χ0v) is 10.5. The Morgan fingerprint density at radius 2 is 1.69 bits per heavy atom. The molecule has 0 fully saturated rings. The van der Waals surface area contributed by atoms with Crippen molar-refractivity contribution in [3.05, 3.63) is 12.2 Å². The Balaban J connectivity index is 3.44. The second-order valence-corrected chi connectivity index (χ2v) is 4.30. The van der Waals surface area contributed by atoms with Crippen LogP contribution in [0.25, 0.3) is 0 Å². The van der Waals surface area contributed by atoms with Gasteiger partial charge in [-0.25, -0.2) is 0 Å². The number of hydrogen-bond donors (Lipinski definition) is 0. The van der Waals surface area contributed by atoms with Crippen LogP contribution in [0.5, 0.6) is 0 Å². The molecule has 0 N–H and O–H groups in total. The van der Waals surface area contributed by atoms with Crippen molar-refractivity contribution >= 4 is 11.8 Å². The zero-order chi connectivity index (χ0) is 12.6. The van der Waals surface area contributed by atoms with Crippen LogP contribution in [0.3, 0.4) is 0 Å². The van der Waals surface area contributed by atoms with Crippen LogP contribution in [0.2, 0.25) is 0 Å². The number of carbonyl (C=O) groups excluding carboxylic acids is 2. The molecule has 0 aliphatic carbocycles. The molecule has 92 valence electrons. The molecule has 0 aliphatic rings. The third-order valence-electron chi connectivity index (χ3n) is 2.13. The van der Waals surface area contributed by atoms with Crippen molar-refractivity contribution in [2.24, 2.45) is 0 Å². The molecule has 0 aliphatic heterocycles. The van der Waals surface area contributed by atoms with Crippen LogP contribution in [0.15, 0.2) is 12.2 Å². The first-order valence-electron chi connectivity index (χ1n) is 5.81. The van der Waals surface area contributed by atoms with Gasteiger partial charge >= 0.3 is 5.97 Å². The van der Waals surface area contributed by atoms with Crippen LogP contribution >= 0.6 is 0 Å². The Bertz CT molecular complexity index is 254. The van der Waals surface area contributed by atoms with Crippen molar-refractivity contribution < 1.29 is 14.3 Å². The Hall–Kier alpha value is -1.12. The molecule has 16 heavy (non-hydrogen) atoms. The Morgan fingerprint density at radius 3 is 2.19 bits per heavy atom. The number of unbranched alkanes of at least 4 members (excludes halogenated alkanes) is 2. The fourth-order valence-electron chi connectivity index (χ4n) is 1.27. The van der Waals surface area contributed by atoms with Gasteiger partial charge in [-0.1, -0.05) is 13.0 Å². The SMILES string of the molecule is C=C(C)C(=O)CCCCCC(=O)OC(C)C. The summed E-state index contributed by atoms with van der Waals surface area (Å²) in [6.45, 7) is 8.99. The van der Waals surface area contributed by atoms with E-state index < -0.39 is 0 Å². The molecule has 0 aromatic heterocycles. The second kappa shape index (κ2) is 8.08. The van der Waals surface area contributed by atoms with E-state index >= 15 is 0 Å². The quantitative estimate of drug-likeness (QED) is 0.363. The molecule has 0 atom stereocenters. The van der Waals surface area contributed by atoms with Gasteiger partial charge in [0, 0.05) is 12.8 Å². The van der Waals surface area contributed by atoms with E-state index in [0.717, 1.165) is 19.3 Å². The summed E-state index contributed by atoms with van der Waals surface area (Å²) in [4.78, 5) is 22.3. The van der Waals surface area contributed by atoms with Crippen LogP contribution < -0.4 is 0 Å². The maximum atomic E-state index is 11.2. The second-order valence-electron chi connectivity index (χ2n) is 4.30. The van der Waals surface area contributed by atoms with Gasteiger partial charge in [-0.05, 0) is 39.2 Å². The minimum atomic E-state index is -0.152. The Morgan fingerprint density at radius 1 is 1.12 bits per heavy atom. The summed E-state index contributed by atoms with van der Waals surface area (Å²) >= 11 is 0. The van der Waals surface area contributed by atoms with E-state index in [0.29, 0.717) is 18.4 Å². The van der Waals surface area contributed by atoms with E-state index in [1.54, 1.807) is 6.92 Å². The molecular formula is C13H22O3. The molecule has 0 heterocycles. The molecule has 0 aromatic rings. The lowest BCUT2D eigenvalue weighted by Gasteiger charge is -2.07. The van der Waals surface area contributed by atoms with Gasteiger partial charge in [-0.15, -0.1) is 0 Å². The highest BCUT2D eigenvalue weighted by Crippen LogP contribution is 2.07. The first kappa shape index (κ1) is 14.9. The molecule has 0 bridgehead atoms. The zero-order valence-electron chi connectivity index (χ0n) is 10.5. The standard InChI is InChI=1S/C13H22O3/c1-10(2)12(14)8-6-5-7-9-13(15)16-11(3)4/h11H,1,5-9H2,2-4H3. The lowest BCUT2D eigenvalue weighted by atomic mass is 10.1. The maximum Gasteiger partial charge on any atom is 0.306 e. The number of hydrogen-bond acceptors (Lipinski definition) is 3. The van der Waals surface area contributed by atoms with Crippen LogP contribution in [0.1, 0.15) is 52.9 Å². The first-order chi connectivity index (χ1) is 7.43. The van der Waals surface area contributed by atoms with Crippen molar-refractivity contribution in [1.29, 1.82) is 0 Å². The normalized spacial score (nSPS) is 10.2. The summed E-state index contributed by atoms with van der Waals surface area (Å²) in [5.74, 6) is -0.0361. The lowest BCUT2D eigenvalue weighted by Crippen LogP contribution is -2.10. The molecule has 0 amide bonds. The van der Waals surface area contributed by atoms with E-state index in [1.807, 2.05) is 13.8 Å². The molecular weight excluding hydrogens is 204 g/mol. The molecule has 0 spiro atoms. The van der Waals surface area contributed by atoms with Crippen molar-refractivity contribution in [2.45, 2.75) is 59.0 Å². The molecule has 3 nitrogen and oxygen atoms in total. The summed E-state index contributed by atoms with van der Waals surface area (Å²) in [6, 6.07) is 0. The summed E-state index contributed by atoms with van der Waals surface area (Å²) in [5, 5.41) is 0. The number of ketones is 1. The van der Waals surface area contributed by atoms with Gasteiger partial charge in [0.1, 0.15) is 0 Å². The van der Waals surface area contributed by atoms with Gasteiger partial charge in [0.05, 0.1) is 6.10 Å². The predicted molar refractivity (Wildman–Crippen MR) is 64.1 cm³/mol. The van der Waals surface area contributed by atoms with Crippen molar-refractivity contribution in [2.75, 3.05) is 0 Å². The lowest BCUT2D eigenvalue weighted by molar-refractivity contribution is -0.147. The van der Waals surface area contributed by atoms with Gasteiger partial charge in [-0.3, -0.25) is 9.59 Å². The summed E-state index contributed by atoms with van der Waals surface area (Å²) in [7, 11) is 0. The van der Waals surface area contributed by atoms with Crippen molar-refractivity contribution in [3.8, 4) is 0 Å². The fourth-order valence-corrected chi connectivity index (χ4v) is 1.27. The molecule has 0 aromatic carbocycles. The van der Waals surface area contributed by atoms with E-state index in [4.69, 9.17) is 4.74 Å². The van der Waals surface area contributed by atoms with Gasteiger partial charge in [0.15, 0.2) is 5.78 Å². The number of Topliss-reactive ketones (excluding diaryl/α,β-unsaturated/α-hetero) is 1. The molecule has 0 radical (unpaired) electrons. The van der Waals surface area contributed by atoms with Crippen LogP contribution in [0, 0.1) is 0 Å². The third-order valence-corrected chi connectivity index (χ3v) is 2.13. The minimum Gasteiger partial charge on any atom is -0.463 e. The fraction of sp³-hybridized carbons (Fsp3) is 0.692. The van der Waals surface area contributed by atoms with Crippen LogP contribution in [-0.4, -0.2) is 17.9 Å². The van der Waals surface area contributed by atoms with Gasteiger partial charge in [0.25, 0.3) is 0 Å². The molecule has 0 saturated heterocycles. The van der Waals surface area contributed by atoms with Gasteiger partial charge in [-0.2, -0.15) is 0 Å². The molecule has 0 saturated carbocycles. The summed E-state index contributed by atoms with van der Waals surface area (Å²) < 4.78 is 5.00. The maximum absolute atomic E-state index is 11.2. The number of rotatable bonds is 8. The topological polar surface area (TPSA) is 43.4 Å². The van der Waals surface area contributed by atoms with E-state index in [-0.39, 0.29) is 17.9 Å². The average molecular weight is 226 g/mol. The molecule has 3 heteroatoms. The first-order valence-corrected chi connectivity index (χ1v) is 5.81. The van der Waals surface area contributed by atoms with E-state index in [2.05, 4.69) is 6.58 Å². The van der Waals surface area contributed by atoms with Crippen molar-refractivity contribution in [1.82, 2.24) is 0 Å². The highest BCUT2D eigenvalue weighted by Gasteiger charge is 2.06. The third kappa shape index (κ3) is 8.21. The Labute approximate surface area is 97.9 Å². The smallest absolute Gasteiger partial charge is 0.306 e.